The van der Waals surface area contributed by atoms with Gasteiger partial charge in [-0.3, -0.25) is 5.10 Å². The topological polar surface area (TPSA) is 49.9 Å². The van der Waals surface area contributed by atoms with Crippen LogP contribution in [0.15, 0.2) is 30.5 Å². The van der Waals surface area contributed by atoms with Crippen LogP contribution in [-0.2, 0) is 13.1 Å². The molecule has 2 aromatic rings. The number of aryl methyl sites for hydroxylation is 1. The van der Waals surface area contributed by atoms with Gasteiger partial charge in [-0.1, -0.05) is 18.2 Å². The van der Waals surface area contributed by atoms with E-state index in [0.29, 0.717) is 0 Å². The number of nitrogens with zero attached hydrogens (tertiary/aromatic N) is 1. The molecule has 1 aromatic carbocycles. The third kappa shape index (κ3) is 2.85. The summed E-state index contributed by atoms with van der Waals surface area (Å²) in [6, 6.07) is 8.03. The standard InChI is InChI=1S/C13H17N3O/c1-10-12(9-15-16-10)8-14-7-11-5-3-4-6-13(11)17-2/h3-6,9,14H,7-8H2,1-2H3,(H,15,16). The Morgan fingerprint density at radius 2 is 2.00 bits per heavy atom. The molecule has 0 saturated carbocycles. The van der Waals surface area contributed by atoms with Gasteiger partial charge in [0.15, 0.2) is 0 Å². The normalized spacial score (nSPS) is 10.5. The molecule has 2 rings (SSSR count). The highest BCUT2D eigenvalue weighted by Crippen LogP contribution is 2.16. The molecule has 0 atom stereocenters. The van der Waals surface area contributed by atoms with Gasteiger partial charge >= 0.3 is 0 Å². The summed E-state index contributed by atoms with van der Waals surface area (Å²) in [6.07, 6.45) is 1.85. The fraction of sp³-hybridized carbons (Fsp3) is 0.308. The molecule has 90 valence electrons. The maximum absolute atomic E-state index is 5.30. The number of nitrogens with one attached hydrogen (secondary N) is 2. The molecule has 0 amide bonds. The summed E-state index contributed by atoms with van der Waals surface area (Å²) in [5, 5.41) is 10.3. The Morgan fingerprint density at radius 1 is 1.24 bits per heavy atom. The predicted octanol–water partition coefficient (Wildman–Crippen LogP) is 2.02. The average Bonchev–Trinajstić information content (AvgIpc) is 2.76. The summed E-state index contributed by atoms with van der Waals surface area (Å²) >= 11 is 0. The molecular weight excluding hydrogens is 214 g/mol. The van der Waals surface area contributed by atoms with Crippen molar-refractivity contribution in [3.63, 3.8) is 0 Å². The minimum Gasteiger partial charge on any atom is -0.496 e. The monoisotopic (exact) mass is 231 g/mol. The van der Waals surface area contributed by atoms with E-state index in [1.54, 1.807) is 7.11 Å². The molecule has 0 radical (unpaired) electrons. The fourth-order valence-corrected chi connectivity index (χ4v) is 1.73. The molecule has 2 N–H and O–H groups in total. The van der Waals surface area contributed by atoms with E-state index in [9.17, 15) is 0 Å². The quantitative estimate of drug-likeness (QED) is 0.827. The Kier molecular flexibility index (Phi) is 3.77. The van der Waals surface area contributed by atoms with Crippen molar-refractivity contribution in [2.24, 2.45) is 0 Å². The van der Waals surface area contributed by atoms with Crippen molar-refractivity contribution in [1.82, 2.24) is 15.5 Å². The molecule has 1 heterocycles. The minimum absolute atomic E-state index is 0.786. The van der Waals surface area contributed by atoms with Gasteiger partial charge in [0.25, 0.3) is 0 Å². The van der Waals surface area contributed by atoms with Gasteiger partial charge in [0, 0.05) is 29.9 Å². The Morgan fingerprint density at radius 3 is 2.71 bits per heavy atom. The second-order valence-corrected chi connectivity index (χ2v) is 3.94. The van der Waals surface area contributed by atoms with Crippen molar-refractivity contribution in [2.45, 2.75) is 20.0 Å². The van der Waals surface area contributed by atoms with E-state index in [2.05, 4.69) is 21.6 Å². The van der Waals surface area contributed by atoms with E-state index in [0.717, 1.165) is 30.1 Å². The van der Waals surface area contributed by atoms with Gasteiger partial charge < -0.3 is 10.1 Å². The van der Waals surface area contributed by atoms with Crippen LogP contribution in [0.4, 0.5) is 0 Å². The number of para-hydroxylation sites is 1. The van der Waals surface area contributed by atoms with E-state index >= 15 is 0 Å². The number of hydrogen-bond donors (Lipinski definition) is 2. The smallest absolute Gasteiger partial charge is 0.123 e. The van der Waals surface area contributed by atoms with Crippen LogP contribution in [0.25, 0.3) is 0 Å². The third-order valence-corrected chi connectivity index (χ3v) is 2.76. The molecule has 0 fully saturated rings. The molecule has 0 bridgehead atoms. The Labute approximate surface area is 101 Å². The minimum atomic E-state index is 0.786. The Hall–Kier alpha value is -1.81. The summed E-state index contributed by atoms with van der Waals surface area (Å²) in [5.74, 6) is 0.920. The van der Waals surface area contributed by atoms with E-state index in [1.165, 1.54) is 5.56 Å². The van der Waals surface area contributed by atoms with Crippen molar-refractivity contribution < 1.29 is 4.74 Å². The second kappa shape index (κ2) is 5.50. The molecule has 4 nitrogen and oxygen atoms in total. The lowest BCUT2D eigenvalue weighted by molar-refractivity contribution is 0.407. The van der Waals surface area contributed by atoms with Crippen LogP contribution in [0.5, 0.6) is 5.75 Å². The first-order valence-electron chi connectivity index (χ1n) is 5.62. The SMILES string of the molecule is COc1ccccc1CNCc1cn[nH]c1C. The van der Waals surface area contributed by atoms with Crippen LogP contribution in [0.1, 0.15) is 16.8 Å². The Bertz CT molecular complexity index is 479. The number of ether oxygens (including phenoxy) is 1. The van der Waals surface area contributed by atoms with Gasteiger partial charge in [0.1, 0.15) is 5.75 Å². The molecule has 0 unspecified atom stereocenters. The number of hydrogen-bond acceptors (Lipinski definition) is 3. The lowest BCUT2D eigenvalue weighted by Crippen LogP contribution is -2.13. The molecule has 17 heavy (non-hydrogen) atoms. The van der Waals surface area contributed by atoms with Crippen LogP contribution >= 0.6 is 0 Å². The molecule has 0 saturated heterocycles. The van der Waals surface area contributed by atoms with E-state index < -0.39 is 0 Å². The first-order valence-corrected chi connectivity index (χ1v) is 5.62. The first kappa shape index (κ1) is 11.7. The van der Waals surface area contributed by atoms with Crippen molar-refractivity contribution in [3.05, 3.63) is 47.3 Å². The second-order valence-electron chi connectivity index (χ2n) is 3.94. The van der Waals surface area contributed by atoms with Gasteiger partial charge in [0.05, 0.1) is 13.3 Å². The number of aromatic amines is 1. The van der Waals surface area contributed by atoms with Crippen LogP contribution in [0, 0.1) is 6.92 Å². The van der Waals surface area contributed by atoms with Crippen molar-refractivity contribution in [1.29, 1.82) is 0 Å². The number of rotatable bonds is 5. The Balaban J connectivity index is 1.92. The van der Waals surface area contributed by atoms with Crippen molar-refractivity contribution in [2.75, 3.05) is 7.11 Å². The first-order chi connectivity index (χ1) is 8.31. The summed E-state index contributed by atoms with van der Waals surface area (Å²) < 4.78 is 5.30. The highest BCUT2D eigenvalue weighted by Gasteiger charge is 2.02. The lowest BCUT2D eigenvalue weighted by atomic mass is 10.2. The van der Waals surface area contributed by atoms with Gasteiger partial charge in [0.2, 0.25) is 0 Å². The molecule has 1 aromatic heterocycles. The summed E-state index contributed by atoms with van der Waals surface area (Å²) in [5.41, 5.74) is 3.47. The number of benzene rings is 1. The molecular formula is C13H17N3O. The van der Waals surface area contributed by atoms with Gasteiger partial charge in [-0.05, 0) is 13.0 Å². The van der Waals surface area contributed by atoms with E-state index in [-0.39, 0.29) is 0 Å². The molecule has 0 aliphatic heterocycles. The van der Waals surface area contributed by atoms with Crippen LogP contribution in [0.3, 0.4) is 0 Å². The van der Waals surface area contributed by atoms with Gasteiger partial charge in [-0.2, -0.15) is 5.10 Å². The zero-order chi connectivity index (χ0) is 12.1. The maximum Gasteiger partial charge on any atom is 0.123 e. The summed E-state index contributed by atoms with van der Waals surface area (Å²) in [6.45, 7) is 3.61. The van der Waals surface area contributed by atoms with Gasteiger partial charge in [-0.25, -0.2) is 0 Å². The zero-order valence-corrected chi connectivity index (χ0v) is 10.2. The van der Waals surface area contributed by atoms with E-state index in [4.69, 9.17) is 4.74 Å². The molecule has 0 spiro atoms. The summed E-state index contributed by atoms with van der Waals surface area (Å²) in [4.78, 5) is 0. The maximum atomic E-state index is 5.30. The van der Waals surface area contributed by atoms with Crippen molar-refractivity contribution in [3.8, 4) is 5.75 Å². The number of H-pyrrole nitrogens is 1. The highest BCUT2D eigenvalue weighted by atomic mass is 16.5. The van der Waals surface area contributed by atoms with Crippen LogP contribution < -0.4 is 10.1 Å². The molecule has 0 aliphatic rings. The lowest BCUT2D eigenvalue weighted by Gasteiger charge is -2.08. The van der Waals surface area contributed by atoms with Crippen molar-refractivity contribution >= 4 is 0 Å². The molecule has 0 aliphatic carbocycles. The molecule has 4 heteroatoms. The fourth-order valence-electron chi connectivity index (χ4n) is 1.73. The van der Waals surface area contributed by atoms with E-state index in [1.807, 2.05) is 31.3 Å². The van der Waals surface area contributed by atoms with Gasteiger partial charge in [-0.15, -0.1) is 0 Å². The number of methoxy groups -OCH3 is 1. The van der Waals surface area contributed by atoms with Crippen LogP contribution in [0.2, 0.25) is 0 Å². The highest BCUT2D eigenvalue weighted by molar-refractivity contribution is 5.33. The average molecular weight is 231 g/mol. The third-order valence-electron chi connectivity index (χ3n) is 2.76. The summed E-state index contributed by atoms with van der Waals surface area (Å²) in [7, 11) is 1.69. The largest absolute Gasteiger partial charge is 0.496 e. The van der Waals surface area contributed by atoms with Crippen LogP contribution in [-0.4, -0.2) is 17.3 Å². The predicted molar refractivity (Wildman–Crippen MR) is 66.9 cm³/mol. The zero-order valence-electron chi connectivity index (χ0n) is 10.2. The number of aromatic nitrogens is 2.